The molecule has 0 aromatic carbocycles. The molecule has 0 aromatic heterocycles. The van der Waals surface area contributed by atoms with Crippen LogP contribution in [-0.2, 0) is 4.79 Å². The van der Waals surface area contributed by atoms with Gasteiger partial charge < -0.3 is 20.6 Å². The lowest BCUT2D eigenvalue weighted by molar-refractivity contribution is -0.124. The summed E-state index contributed by atoms with van der Waals surface area (Å²) in [5, 5.41) is 32.9. The second-order valence-electron chi connectivity index (χ2n) is 12.8. The summed E-state index contributed by atoms with van der Waals surface area (Å²) in [6, 6.07) is -0.770. The number of hydrogen-bond acceptors (Lipinski definition) is 4. The van der Waals surface area contributed by atoms with Crippen molar-refractivity contribution >= 4 is 5.91 Å². The van der Waals surface area contributed by atoms with Gasteiger partial charge >= 0.3 is 0 Å². The summed E-state index contributed by atoms with van der Waals surface area (Å²) >= 11 is 0. The maximum absolute atomic E-state index is 12.3. The van der Waals surface area contributed by atoms with Gasteiger partial charge in [0.25, 0.3) is 0 Å². The quantitative estimate of drug-likeness (QED) is 0.0429. The summed E-state index contributed by atoms with van der Waals surface area (Å²) in [7, 11) is 0. The summed E-state index contributed by atoms with van der Waals surface area (Å²) in [6.45, 7) is 4.12. The molecule has 5 nitrogen and oxygen atoms in total. The molecule has 0 rings (SSSR count). The van der Waals surface area contributed by atoms with E-state index >= 15 is 0 Å². The highest BCUT2D eigenvalue weighted by Gasteiger charge is 2.20. The van der Waals surface area contributed by atoms with Crippen molar-refractivity contribution < 1.29 is 20.1 Å². The summed E-state index contributed by atoms with van der Waals surface area (Å²) < 4.78 is 0. The average molecular weight is 632 g/mol. The minimum absolute atomic E-state index is 0.0107. The van der Waals surface area contributed by atoms with E-state index in [4.69, 9.17) is 0 Å². The highest BCUT2D eigenvalue weighted by atomic mass is 16.3. The van der Waals surface area contributed by atoms with E-state index in [1.807, 2.05) is 6.08 Å². The summed E-state index contributed by atoms with van der Waals surface area (Å²) in [5.74, 6) is -0.344. The molecule has 3 atom stereocenters. The van der Waals surface area contributed by atoms with Crippen molar-refractivity contribution in [2.45, 2.75) is 193 Å². The Morgan fingerprint density at radius 2 is 0.978 bits per heavy atom. The number of rotatable bonds is 33. The zero-order valence-electron chi connectivity index (χ0n) is 29.5. The molecule has 45 heavy (non-hydrogen) atoms. The van der Waals surface area contributed by atoms with Gasteiger partial charge in [-0.15, -0.1) is 0 Å². The Morgan fingerprint density at radius 3 is 1.49 bits per heavy atom. The van der Waals surface area contributed by atoms with Gasteiger partial charge in [0.05, 0.1) is 31.3 Å². The summed E-state index contributed by atoms with van der Waals surface area (Å²) in [5.41, 5.74) is 0. The molecule has 0 aliphatic rings. The molecule has 0 saturated carbocycles. The third-order valence-electron chi connectivity index (χ3n) is 8.32. The Bertz CT molecular complexity index is 745. The Morgan fingerprint density at radius 1 is 0.556 bits per heavy atom. The number of hydrogen-bond donors (Lipinski definition) is 4. The van der Waals surface area contributed by atoms with Crippen molar-refractivity contribution in [3.8, 4) is 0 Å². The lowest BCUT2D eigenvalue weighted by Gasteiger charge is -2.20. The van der Waals surface area contributed by atoms with E-state index in [1.165, 1.54) is 89.9 Å². The third kappa shape index (κ3) is 32.1. The van der Waals surface area contributed by atoms with Gasteiger partial charge in [0.1, 0.15) is 0 Å². The van der Waals surface area contributed by atoms with Crippen LogP contribution in [0.4, 0.5) is 0 Å². The highest BCUT2D eigenvalue weighted by Crippen LogP contribution is 2.13. The maximum atomic E-state index is 12.3. The van der Waals surface area contributed by atoms with Crippen molar-refractivity contribution in [3.63, 3.8) is 0 Å². The van der Waals surface area contributed by atoms with E-state index in [-0.39, 0.29) is 18.9 Å². The van der Waals surface area contributed by atoms with Crippen molar-refractivity contribution in [3.05, 3.63) is 48.6 Å². The van der Waals surface area contributed by atoms with Crippen molar-refractivity contribution in [2.24, 2.45) is 0 Å². The highest BCUT2D eigenvalue weighted by molar-refractivity contribution is 5.76. The number of unbranched alkanes of at least 4 members (excludes halogenated alkanes) is 18. The smallest absolute Gasteiger partial charge is 0.222 e. The Balaban J connectivity index is 3.80. The lowest BCUT2D eigenvalue weighted by Crippen LogP contribution is -2.45. The Labute approximate surface area is 278 Å². The summed E-state index contributed by atoms with van der Waals surface area (Å²) in [6.07, 6.45) is 43.9. The topological polar surface area (TPSA) is 89.8 Å². The zero-order valence-corrected chi connectivity index (χ0v) is 29.5. The number of aliphatic hydroxyl groups excluding tert-OH is 3. The van der Waals surface area contributed by atoms with Gasteiger partial charge in [0, 0.05) is 0 Å². The van der Waals surface area contributed by atoms with Crippen LogP contribution in [0.3, 0.4) is 0 Å². The third-order valence-corrected chi connectivity index (χ3v) is 8.32. The fraction of sp³-hybridized carbons (Fsp3) is 0.775. The van der Waals surface area contributed by atoms with Crippen LogP contribution in [0.1, 0.15) is 174 Å². The largest absolute Gasteiger partial charge is 0.394 e. The van der Waals surface area contributed by atoms with Crippen LogP contribution < -0.4 is 5.32 Å². The minimum atomic E-state index is -0.962. The molecular formula is C40H73NO4. The molecule has 0 heterocycles. The molecule has 0 aromatic rings. The van der Waals surface area contributed by atoms with E-state index < -0.39 is 18.2 Å². The SMILES string of the molecule is CCCC/C=C\CCCCCC(O)CC(=O)NC(CO)C(O)/C=C/CC/C=C/CC/C=C/CCCCCCCCCCCCC. The molecule has 5 heteroatoms. The fourth-order valence-electron chi connectivity index (χ4n) is 5.35. The molecular weight excluding hydrogens is 558 g/mol. The Hall–Kier alpha value is -1.69. The van der Waals surface area contributed by atoms with E-state index in [2.05, 4.69) is 55.6 Å². The normalized spacial score (nSPS) is 14.3. The molecule has 0 aliphatic carbocycles. The van der Waals surface area contributed by atoms with Gasteiger partial charge in [-0.05, 0) is 64.2 Å². The molecule has 1 amide bonds. The molecule has 0 fully saturated rings. The molecule has 3 unspecified atom stereocenters. The van der Waals surface area contributed by atoms with Gasteiger partial charge in [-0.2, -0.15) is 0 Å². The van der Waals surface area contributed by atoms with Crippen LogP contribution in [-0.4, -0.2) is 46.1 Å². The van der Waals surface area contributed by atoms with Crippen LogP contribution in [0.5, 0.6) is 0 Å². The minimum Gasteiger partial charge on any atom is -0.394 e. The monoisotopic (exact) mass is 632 g/mol. The maximum Gasteiger partial charge on any atom is 0.222 e. The van der Waals surface area contributed by atoms with E-state index in [0.29, 0.717) is 6.42 Å². The van der Waals surface area contributed by atoms with Crippen LogP contribution >= 0.6 is 0 Å². The number of aliphatic hydroxyl groups is 3. The first kappa shape index (κ1) is 43.3. The van der Waals surface area contributed by atoms with E-state index in [1.54, 1.807) is 6.08 Å². The van der Waals surface area contributed by atoms with Gasteiger partial charge in [-0.25, -0.2) is 0 Å². The second kappa shape index (κ2) is 35.2. The summed E-state index contributed by atoms with van der Waals surface area (Å²) in [4.78, 5) is 12.3. The van der Waals surface area contributed by atoms with E-state index in [9.17, 15) is 20.1 Å². The molecule has 0 radical (unpaired) electrons. The molecule has 262 valence electrons. The zero-order chi connectivity index (χ0) is 33.1. The first-order valence-corrected chi connectivity index (χ1v) is 18.9. The predicted octanol–water partition coefficient (Wildman–Crippen LogP) is 10.2. The first-order valence-electron chi connectivity index (χ1n) is 18.9. The van der Waals surface area contributed by atoms with Crippen molar-refractivity contribution in [1.82, 2.24) is 5.32 Å². The molecule has 0 saturated heterocycles. The van der Waals surface area contributed by atoms with Crippen molar-refractivity contribution in [2.75, 3.05) is 6.61 Å². The molecule has 0 aliphatic heterocycles. The van der Waals surface area contributed by atoms with Gasteiger partial charge in [0.2, 0.25) is 5.91 Å². The molecule has 0 spiro atoms. The predicted molar refractivity (Wildman–Crippen MR) is 194 cm³/mol. The van der Waals surface area contributed by atoms with Gasteiger partial charge in [0.15, 0.2) is 0 Å². The van der Waals surface area contributed by atoms with Gasteiger partial charge in [-0.3, -0.25) is 4.79 Å². The van der Waals surface area contributed by atoms with Crippen molar-refractivity contribution in [1.29, 1.82) is 0 Å². The number of amides is 1. The van der Waals surface area contributed by atoms with Crippen LogP contribution in [0, 0.1) is 0 Å². The van der Waals surface area contributed by atoms with Gasteiger partial charge in [-0.1, -0.05) is 152 Å². The van der Waals surface area contributed by atoms with Crippen LogP contribution in [0.25, 0.3) is 0 Å². The standard InChI is InChI=1S/C40H73NO4/c1-3-5-7-9-11-13-14-15-16-17-18-19-20-21-22-23-24-26-28-30-32-34-39(44)38(36-42)41-40(45)35-37(43)33-31-29-27-25-12-10-8-6-4-2/h10,12,20-21,24,26,32,34,37-39,42-44H,3-9,11,13-19,22-23,25,27-31,33,35-36H2,1-2H3,(H,41,45)/b12-10-,21-20+,26-24+,34-32+. The van der Waals surface area contributed by atoms with E-state index in [0.717, 1.165) is 57.8 Å². The Kier molecular flexibility index (Phi) is 33.8. The average Bonchev–Trinajstić information content (AvgIpc) is 3.03. The van der Waals surface area contributed by atoms with Crippen LogP contribution in [0.15, 0.2) is 48.6 Å². The fourth-order valence-corrected chi connectivity index (χ4v) is 5.35. The first-order chi connectivity index (χ1) is 22.0. The second-order valence-corrected chi connectivity index (χ2v) is 12.8. The molecule has 0 bridgehead atoms. The number of nitrogens with one attached hydrogen (secondary N) is 1. The number of allylic oxidation sites excluding steroid dienone is 7. The van der Waals surface area contributed by atoms with Crippen LogP contribution in [0.2, 0.25) is 0 Å². The number of carbonyl (C=O) groups is 1. The lowest BCUT2D eigenvalue weighted by atomic mass is 10.1. The molecule has 4 N–H and O–H groups in total. The number of carbonyl (C=O) groups excluding carboxylic acids is 1.